The third-order valence-corrected chi connectivity index (χ3v) is 5.23. The molecule has 0 aromatic carbocycles. The van der Waals surface area contributed by atoms with Gasteiger partial charge in [-0.15, -0.1) is 11.3 Å². The molecule has 1 aliphatic carbocycles. The topological polar surface area (TPSA) is 48.1 Å². The van der Waals surface area contributed by atoms with Crippen molar-refractivity contribution in [3.63, 3.8) is 0 Å². The van der Waals surface area contributed by atoms with Gasteiger partial charge in [0, 0.05) is 24.4 Å². The first kappa shape index (κ1) is 14.9. The molecule has 1 saturated carbocycles. The van der Waals surface area contributed by atoms with E-state index in [4.69, 9.17) is 15.5 Å². The van der Waals surface area contributed by atoms with E-state index in [9.17, 15) is 0 Å². The Kier molecular flexibility index (Phi) is 4.98. The molecule has 0 spiro atoms. The number of nitrogens with two attached hydrogens (primary N) is 1. The number of nitrogens with zero attached hydrogens (tertiary/aromatic N) is 1. The fourth-order valence-electron chi connectivity index (χ4n) is 3.04. The second kappa shape index (κ2) is 6.33. The average Bonchev–Trinajstić information content (AvgIpc) is 2.99. The summed E-state index contributed by atoms with van der Waals surface area (Å²) in [5, 5.41) is 3.35. The Bertz CT molecular complexity index is 397. The van der Waals surface area contributed by atoms with Crippen LogP contribution in [0.2, 0.25) is 0 Å². The molecule has 0 aliphatic heterocycles. The summed E-state index contributed by atoms with van der Waals surface area (Å²) in [6.45, 7) is 7.93. The third-order valence-electron chi connectivity index (χ3n) is 4.18. The Morgan fingerprint density at radius 1 is 1.42 bits per heavy atom. The van der Waals surface area contributed by atoms with Crippen LogP contribution in [0.15, 0.2) is 5.38 Å². The summed E-state index contributed by atoms with van der Waals surface area (Å²) in [7, 11) is 0. The lowest BCUT2D eigenvalue weighted by atomic mass is 9.93. The molecule has 1 unspecified atom stereocenters. The summed E-state index contributed by atoms with van der Waals surface area (Å²) in [4.78, 5) is 4.89. The third kappa shape index (κ3) is 3.01. The zero-order chi connectivity index (χ0) is 13.9. The van der Waals surface area contributed by atoms with Gasteiger partial charge in [0.2, 0.25) is 0 Å². The van der Waals surface area contributed by atoms with Gasteiger partial charge in [0.25, 0.3) is 0 Å². The number of aromatic nitrogens is 1. The molecule has 3 nitrogen and oxygen atoms in total. The minimum absolute atomic E-state index is 0.103. The van der Waals surface area contributed by atoms with Crippen molar-refractivity contribution in [2.45, 2.75) is 58.0 Å². The number of hydrogen-bond donors (Lipinski definition) is 1. The van der Waals surface area contributed by atoms with Gasteiger partial charge >= 0.3 is 0 Å². The van der Waals surface area contributed by atoms with Crippen LogP contribution in [0.25, 0.3) is 0 Å². The van der Waals surface area contributed by atoms with Crippen LogP contribution < -0.4 is 5.73 Å². The largest absolute Gasteiger partial charge is 0.368 e. The van der Waals surface area contributed by atoms with E-state index in [0.717, 1.165) is 25.1 Å². The van der Waals surface area contributed by atoms with Crippen LogP contribution in [0, 0.1) is 5.92 Å². The second-order valence-electron chi connectivity index (χ2n) is 5.80. The van der Waals surface area contributed by atoms with Crippen molar-refractivity contribution in [1.29, 1.82) is 0 Å². The molecular weight excluding hydrogens is 256 g/mol. The number of rotatable bonds is 6. The summed E-state index contributed by atoms with van der Waals surface area (Å²) in [5.41, 5.74) is 6.95. The first-order chi connectivity index (χ1) is 9.13. The van der Waals surface area contributed by atoms with Crippen LogP contribution in [0.1, 0.15) is 63.1 Å². The van der Waals surface area contributed by atoms with Crippen molar-refractivity contribution < 1.29 is 4.74 Å². The fraction of sp³-hybridized carbons (Fsp3) is 0.800. The summed E-state index contributed by atoms with van der Waals surface area (Å²) < 4.78 is 6.08. The minimum Gasteiger partial charge on any atom is -0.368 e. The van der Waals surface area contributed by atoms with E-state index in [0.29, 0.717) is 18.4 Å². The Morgan fingerprint density at radius 2 is 2.11 bits per heavy atom. The van der Waals surface area contributed by atoms with Gasteiger partial charge in [-0.05, 0) is 25.7 Å². The number of thiazole rings is 1. The highest BCUT2D eigenvalue weighted by atomic mass is 32.1. The number of ether oxygens (including phenoxy) is 1. The van der Waals surface area contributed by atoms with E-state index < -0.39 is 0 Å². The molecule has 1 aromatic heterocycles. The van der Waals surface area contributed by atoms with Crippen LogP contribution in [-0.2, 0) is 10.3 Å². The highest BCUT2D eigenvalue weighted by molar-refractivity contribution is 7.09. The van der Waals surface area contributed by atoms with E-state index in [1.165, 1.54) is 17.8 Å². The molecule has 2 rings (SSSR count). The fourth-order valence-corrected chi connectivity index (χ4v) is 4.14. The summed E-state index contributed by atoms with van der Waals surface area (Å²) >= 11 is 1.76. The lowest BCUT2D eigenvalue weighted by molar-refractivity contribution is -0.0392. The van der Waals surface area contributed by atoms with Crippen LogP contribution >= 0.6 is 11.3 Å². The van der Waals surface area contributed by atoms with Crippen LogP contribution in [0.5, 0.6) is 0 Å². The molecular formula is C15H26N2OS. The molecule has 2 N–H and O–H groups in total. The lowest BCUT2D eigenvalue weighted by Crippen LogP contribution is -2.26. The average molecular weight is 282 g/mol. The minimum atomic E-state index is -0.103. The number of hydrogen-bond acceptors (Lipinski definition) is 4. The van der Waals surface area contributed by atoms with Gasteiger partial charge in [0.15, 0.2) is 0 Å². The predicted octanol–water partition coefficient (Wildman–Crippen LogP) is 3.65. The van der Waals surface area contributed by atoms with Crippen molar-refractivity contribution >= 4 is 11.3 Å². The maximum atomic E-state index is 6.08. The van der Waals surface area contributed by atoms with Crippen LogP contribution in [-0.4, -0.2) is 18.1 Å². The standard InChI is InChI=1S/C15H26N2OS/c1-4-18-15(7-5-6-8-15)14-17-13(10-19-14)12(9-16)11(2)3/h10-12H,4-9,16H2,1-3H3. The second-order valence-corrected chi connectivity index (χ2v) is 6.66. The molecule has 0 bridgehead atoms. The zero-order valence-electron chi connectivity index (χ0n) is 12.3. The molecule has 0 radical (unpaired) electrons. The summed E-state index contributed by atoms with van der Waals surface area (Å²) in [6, 6.07) is 0. The highest BCUT2D eigenvalue weighted by Crippen LogP contribution is 2.44. The highest BCUT2D eigenvalue weighted by Gasteiger charge is 2.39. The van der Waals surface area contributed by atoms with Gasteiger partial charge in [0.1, 0.15) is 10.6 Å². The first-order valence-electron chi connectivity index (χ1n) is 7.43. The maximum absolute atomic E-state index is 6.08. The molecule has 4 heteroatoms. The molecule has 19 heavy (non-hydrogen) atoms. The van der Waals surface area contributed by atoms with Crippen molar-refractivity contribution in [1.82, 2.24) is 4.98 Å². The quantitative estimate of drug-likeness (QED) is 0.866. The van der Waals surface area contributed by atoms with Gasteiger partial charge in [-0.25, -0.2) is 4.98 Å². The Hall–Kier alpha value is -0.450. The van der Waals surface area contributed by atoms with Gasteiger partial charge in [0.05, 0.1) is 5.69 Å². The van der Waals surface area contributed by atoms with Crippen LogP contribution in [0.3, 0.4) is 0 Å². The Labute approximate surface area is 120 Å². The van der Waals surface area contributed by atoms with E-state index >= 15 is 0 Å². The molecule has 1 fully saturated rings. The predicted molar refractivity (Wildman–Crippen MR) is 80.5 cm³/mol. The van der Waals surface area contributed by atoms with Gasteiger partial charge in [-0.2, -0.15) is 0 Å². The normalized spacial score (nSPS) is 20.1. The van der Waals surface area contributed by atoms with Gasteiger partial charge in [-0.1, -0.05) is 26.7 Å². The van der Waals surface area contributed by atoms with Crippen LogP contribution in [0.4, 0.5) is 0 Å². The molecule has 1 atom stereocenters. The van der Waals surface area contributed by atoms with Crippen molar-refractivity contribution in [3.05, 3.63) is 16.1 Å². The Balaban J connectivity index is 2.23. The summed E-state index contributed by atoms with van der Waals surface area (Å²) in [6.07, 6.45) is 4.73. The van der Waals surface area contributed by atoms with Crippen molar-refractivity contribution in [2.75, 3.05) is 13.2 Å². The van der Waals surface area contributed by atoms with E-state index in [2.05, 4.69) is 26.2 Å². The first-order valence-corrected chi connectivity index (χ1v) is 8.31. The molecule has 0 saturated heterocycles. The van der Waals surface area contributed by atoms with Crippen molar-refractivity contribution in [3.8, 4) is 0 Å². The van der Waals surface area contributed by atoms with E-state index in [1.807, 2.05) is 0 Å². The van der Waals surface area contributed by atoms with Crippen molar-refractivity contribution in [2.24, 2.45) is 11.7 Å². The van der Waals surface area contributed by atoms with E-state index in [-0.39, 0.29) is 5.60 Å². The SMILES string of the molecule is CCOC1(c2nc(C(CN)C(C)C)cs2)CCCC1. The maximum Gasteiger partial charge on any atom is 0.125 e. The lowest BCUT2D eigenvalue weighted by Gasteiger charge is -2.26. The van der Waals surface area contributed by atoms with Gasteiger partial charge < -0.3 is 10.5 Å². The Morgan fingerprint density at radius 3 is 2.63 bits per heavy atom. The smallest absolute Gasteiger partial charge is 0.125 e. The van der Waals surface area contributed by atoms with E-state index in [1.54, 1.807) is 11.3 Å². The molecule has 1 aliphatic rings. The molecule has 1 aromatic rings. The monoisotopic (exact) mass is 282 g/mol. The zero-order valence-corrected chi connectivity index (χ0v) is 13.1. The molecule has 0 amide bonds. The molecule has 108 valence electrons. The molecule has 1 heterocycles. The van der Waals surface area contributed by atoms with Gasteiger partial charge in [-0.3, -0.25) is 0 Å². The summed E-state index contributed by atoms with van der Waals surface area (Å²) in [5.74, 6) is 0.900.